The molecule has 0 spiro atoms. The SMILES string of the molecule is Cc1cc([N+](=O)[O-])cc(Br)c1Br. The Labute approximate surface area is 86.2 Å². The minimum atomic E-state index is -0.412. The maximum absolute atomic E-state index is 10.4. The van der Waals surface area contributed by atoms with Crippen LogP contribution in [0.25, 0.3) is 0 Å². The molecule has 1 rings (SSSR count). The third-order valence-corrected chi connectivity index (χ3v) is 3.62. The quantitative estimate of drug-likeness (QED) is 0.588. The van der Waals surface area contributed by atoms with Crippen molar-refractivity contribution >= 4 is 37.5 Å². The number of nitrogens with zero attached hydrogens (tertiary/aromatic N) is 1. The van der Waals surface area contributed by atoms with Gasteiger partial charge >= 0.3 is 0 Å². The van der Waals surface area contributed by atoms with Crippen molar-refractivity contribution in [1.82, 2.24) is 0 Å². The normalized spacial score (nSPS) is 9.92. The summed E-state index contributed by atoms with van der Waals surface area (Å²) in [6, 6.07) is 2.99. The topological polar surface area (TPSA) is 43.1 Å². The van der Waals surface area contributed by atoms with Crippen molar-refractivity contribution in [2.24, 2.45) is 0 Å². The molecule has 0 bridgehead atoms. The zero-order chi connectivity index (χ0) is 9.30. The predicted octanol–water partition coefficient (Wildman–Crippen LogP) is 3.43. The fourth-order valence-corrected chi connectivity index (χ4v) is 1.59. The van der Waals surface area contributed by atoms with Crippen LogP contribution < -0.4 is 0 Å². The van der Waals surface area contributed by atoms with Crippen LogP contribution in [0.3, 0.4) is 0 Å². The van der Waals surface area contributed by atoms with Crippen LogP contribution in [0.5, 0.6) is 0 Å². The first-order valence-corrected chi connectivity index (χ1v) is 4.71. The molecule has 0 aliphatic carbocycles. The molecule has 1 aromatic rings. The van der Waals surface area contributed by atoms with Gasteiger partial charge in [-0.15, -0.1) is 0 Å². The Bertz CT molecular complexity index is 315. The van der Waals surface area contributed by atoms with E-state index in [9.17, 15) is 10.1 Å². The summed E-state index contributed by atoms with van der Waals surface area (Å²) in [6.07, 6.45) is 0. The number of hydrogen-bond acceptors (Lipinski definition) is 2. The lowest BCUT2D eigenvalue weighted by molar-refractivity contribution is -0.385. The molecule has 0 atom stereocenters. The van der Waals surface area contributed by atoms with E-state index in [1.165, 1.54) is 12.1 Å². The van der Waals surface area contributed by atoms with Gasteiger partial charge in [-0.2, -0.15) is 0 Å². The first kappa shape index (κ1) is 9.67. The Balaban J connectivity index is 3.31. The van der Waals surface area contributed by atoms with E-state index in [0.717, 1.165) is 10.0 Å². The van der Waals surface area contributed by atoms with Crippen LogP contribution in [-0.4, -0.2) is 4.92 Å². The van der Waals surface area contributed by atoms with Gasteiger partial charge in [0.15, 0.2) is 0 Å². The molecule has 64 valence electrons. The van der Waals surface area contributed by atoms with Crippen molar-refractivity contribution in [3.63, 3.8) is 0 Å². The highest BCUT2D eigenvalue weighted by Crippen LogP contribution is 2.30. The van der Waals surface area contributed by atoms with Gasteiger partial charge < -0.3 is 0 Å². The molecule has 0 aliphatic rings. The predicted molar refractivity (Wildman–Crippen MR) is 53.2 cm³/mol. The monoisotopic (exact) mass is 293 g/mol. The van der Waals surface area contributed by atoms with Crippen molar-refractivity contribution in [3.8, 4) is 0 Å². The standard InChI is InChI=1S/C7H5Br2NO2/c1-4-2-5(10(11)12)3-6(8)7(4)9/h2-3H,1H3. The summed E-state index contributed by atoms with van der Waals surface area (Å²) in [4.78, 5) is 9.97. The molecule has 0 aromatic heterocycles. The van der Waals surface area contributed by atoms with E-state index in [2.05, 4.69) is 31.9 Å². The van der Waals surface area contributed by atoms with Gasteiger partial charge in [0.1, 0.15) is 0 Å². The average molecular weight is 295 g/mol. The highest BCUT2D eigenvalue weighted by Gasteiger charge is 2.10. The second kappa shape index (κ2) is 3.53. The second-order valence-corrected chi connectivity index (χ2v) is 3.96. The summed E-state index contributed by atoms with van der Waals surface area (Å²) in [5, 5.41) is 10.4. The number of aryl methyl sites for hydroxylation is 1. The Hall–Kier alpha value is -0.420. The number of nitro groups is 1. The van der Waals surface area contributed by atoms with Gasteiger partial charge in [-0.1, -0.05) is 0 Å². The van der Waals surface area contributed by atoms with Crippen LogP contribution in [0.1, 0.15) is 5.56 Å². The summed E-state index contributed by atoms with van der Waals surface area (Å²) in [7, 11) is 0. The summed E-state index contributed by atoms with van der Waals surface area (Å²) < 4.78 is 1.56. The fourth-order valence-electron chi connectivity index (χ4n) is 0.814. The average Bonchev–Trinajstić information content (AvgIpc) is 1.99. The van der Waals surface area contributed by atoms with Gasteiger partial charge in [-0.05, 0) is 44.3 Å². The molecule has 3 nitrogen and oxygen atoms in total. The van der Waals surface area contributed by atoms with E-state index in [-0.39, 0.29) is 5.69 Å². The van der Waals surface area contributed by atoms with E-state index in [1.807, 2.05) is 6.92 Å². The molecule has 0 aliphatic heterocycles. The Kier molecular flexibility index (Phi) is 2.85. The molecular formula is C7H5Br2NO2. The van der Waals surface area contributed by atoms with E-state index in [1.54, 1.807) is 0 Å². The van der Waals surface area contributed by atoms with Crippen LogP contribution in [-0.2, 0) is 0 Å². The molecule has 1 aromatic carbocycles. The molecule has 0 N–H and O–H groups in total. The maximum Gasteiger partial charge on any atom is 0.270 e. The highest BCUT2D eigenvalue weighted by atomic mass is 79.9. The molecule has 0 heterocycles. The zero-order valence-electron chi connectivity index (χ0n) is 6.17. The number of nitro benzene ring substituents is 1. The Morgan fingerprint density at radius 1 is 1.42 bits per heavy atom. The lowest BCUT2D eigenvalue weighted by atomic mass is 10.2. The summed E-state index contributed by atoms with van der Waals surface area (Å²) in [5.74, 6) is 0. The third kappa shape index (κ3) is 1.84. The molecule has 0 radical (unpaired) electrons. The molecule has 0 saturated carbocycles. The van der Waals surface area contributed by atoms with Gasteiger partial charge in [0.2, 0.25) is 0 Å². The fraction of sp³-hybridized carbons (Fsp3) is 0.143. The highest BCUT2D eigenvalue weighted by molar-refractivity contribution is 9.13. The van der Waals surface area contributed by atoms with Crippen LogP contribution in [0.2, 0.25) is 0 Å². The van der Waals surface area contributed by atoms with Crippen LogP contribution in [0.4, 0.5) is 5.69 Å². The van der Waals surface area contributed by atoms with Crippen molar-refractivity contribution < 1.29 is 4.92 Å². The van der Waals surface area contributed by atoms with Crippen molar-refractivity contribution in [2.75, 3.05) is 0 Å². The third-order valence-electron chi connectivity index (χ3n) is 1.41. The van der Waals surface area contributed by atoms with Gasteiger partial charge in [0, 0.05) is 21.1 Å². The van der Waals surface area contributed by atoms with E-state index in [0.29, 0.717) is 4.47 Å². The lowest BCUT2D eigenvalue weighted by Crippen LogP contribution is -1.89. The zero-order valence-corrected chi connectivity index (χ0v) is 9.35. The Morgan fingerprint density at radius 2 is 2.00 bits per heavy atom. The smallest absolute Gasteiger partial charge is 0.258 e. The Morgan fingerprint density at radius 3 is 2.42 bits per heavy atom. The van der Waals surface area contributed by atoms with Crippen LogP contribution >= 0.6 is 31.9 Å². The first-order chi connectivity index (χ1) is 5.52. The van der Waals surface area contributed by atoms with Gasteiger partial charge in [0.05, 0.1) is 4.92 Å². The van der Waals surface area contributed by atoms with Crippen molar-refractivity contribution in [1.29, 1.82) is 0 Å². The minimum absolute atomic E-state index is 0.0996. The second-order valence-electron chi connectivity index (χ2n) is 2.32. The van der Waals surface area contributed by atoms with Crippen LogP contribution in [0.15, 0.2) is 21.1 Å². The largest absolute Gasteiger partial charge is 0.270 e. The number of halogens is 2. The maximum atomic E-state index is 10.4. The minimum Gasteiger partial charge on any atom is -0.258 e. The number of rotatable bonds is 1. The summed E-state index contributed by atoms with van der Waals surface area (Å²) in [5.41, 5.74) is 0.943. The molecule has 0 amide bonds. The van der Waals surface area contributed by atoms with Gasteiger partial charge in [-0.25, -0.2) is 0 Å². The molecule has 0 saturated heterocycles. The molecular weight excluding hydrogens is 290 g/mol. The van der Waals surface area contributed by atoms with Gasteiger partial charge in [0.25, 0.3) is 5.69 Å². The first-order valence-electron chi connectivity index (χ1n) is 3.12. The summed E-state index contributed by atoms with van der Waals surface area (Å²) >= 11 is 6.51. The van der Waals surface area contributed by atoms with E-state index in [4.69, 9.17) is 0 Å². The molecule has 5 heteroatoms. The van der Waals surface area contributed by atoms with E-state index >= 15 is 0 Å². The molecule has 12 heavy (non-hydrogen) atoms. The van der Waals surface area contributed by atoms with Crippen molar-refractivity contribution in [2.45, 2.75) is 6.92 Å². The summed E-state index contributed by atoms with van der Waals surface area (Å²) in [6.45, 7) is 1.81. The number of benzene rings is 1. The number of non-ortho nitro benzene ring substituents is 1. The van der Waals surface area contributed by atoms with Gasteiger partial charge in [-0.3, -0.25) is 10.1 Å². The molecule has 0 unspecified atom stereocenters. The van der Waals surface area contributed by atoms with Crippen molar-refractivity contribution in [3.05, 3.63) is 36.8 Å². The molecule has 0 fully saturated rings. The van der Waals surface area contributed by atoms with Crippen LogP contribution in [0, 0.1) is 17.0 Å². The van der Waals surface area contributed by atoms with E-state index < -0.39 is 4.92 Å². The number of hydrogen-bond donors (Lipinski definition) is 0. The lowest BCUT2D eigenvalue weighted by Gasteiger charge is -2.00.